The van der Waals surface area contributed by atoms with Gasteiger partial charge in [0, 0.05) is 50.6 Å². The number of thiocarbonyl (C=S) groups is 1. The summed E-state index contributed by atoms with van der Waals surface area (Å²) in [5, 5.41) is 3.82. The molecule has 3 rings (SSSR count). The molecule has 1 aromatic carbocycles. The maximum absolute atomic E-state index is 12.5. The lowest BCUT2D eigenvalue weighted by molar-refractivity contribution is -0.142. The molecule has 2 aliphatic heterocycles. The van der Waals surface area contributed by atoms with Crippen LogP contribution in [0.1, 0.15) is 12.8 Å². The van der Waals surface area contributed by atoms with Gasteiger partial charge in [-0.2, -0.15) is 0 Å². The maximum Gasteiger partial charge on any atom is 0.251 e. The molecule has 154 valence electrons. The van der Waals surface area contributed by atoms with E-state index in [0.717, 1.165) is 18.5 Å². The van der Waals surface area contributed by atoms with Crippen LogP contribution in [-0.4, -0.2) is 81.0 Å². The van der Waals surface area contributed by atoms with Gasteiger partial charge in [0.2, 0.25) is 5.75 Å². The van der Waals surface area contributed by atoms with Crippen molar-refractivity contribution in [3.63, 3.8) is 0 Å². The second kappa shape index (κ2) is 9.29. The van der Waals surface area contributed by atoms with E-state index in [2.05, 4.69) is 10.2 Å². The number of benzene rings is 1. The number of ether oxygens (including phenoxy) is 4. The summed E-state index contributed by atoms with van der Waals surface area (Å²) in [4.78, 5) is 16.4. The van der Waals surface area contributed by atoms with Crippen LogP contribution >= 0.6 is 12.2 Å². The molecule has 1 unspecified atom stereocenters. The summed E-state index contributed by atoms with van der Waals surface area (Å²) in [7, 11) is 4.71. The zero-order valence-electron chi connectivity index (χ0n) is 16.5. The molecule has 0 spiro atoms. The topological polar surface area (TPSA) is 72.5 Å². The van der Waals surface area contributed by atoms with Crippen LogP contribution in [0.3, 0.4) is 0 Å². The fourth-order valence-electron chi connectivity index (χ4n) is 3.46. The molecular weight excluding hydrogens is 382 g/mol. The number of nitrogens with zero attached hydrogens (tertiary/aromatic N) is 2. The Morgan fingerprint density at radius 3 is 2.18 bits per heavy atom. The summed E-state index contributed by atoms with van der Waals surface area (Å²) >= 11 is 5.56. The Hall–Kier alpha value is -2.26. The van der Waals surface area contributed by atoms with Crippen molar-refractivity contribution in [2.45, 2.75) is 18.9 Å². The lowest BCUT2D eigenvalue weighted by atomic mass is 10.2. The highest BCUT2D eigenvalue weighted by Gasteiger charge is 2.30. The monoisotopic (exact) mass is 409 g/mol. The van der Waals surface area contributed by atoms with Crippen LogP contribution in [0, 0.1) is 0 Å². The summed E-state index contributed by atoms with van der Waals surface area (Å²) < 4.78 is 21.6. The van der Waals surface area contributed by atoms with Crippen LogP contribution in [0.25, 0.3) is 0 Å². The molecule has 8 nitrogen and oxygen atoms in total. The van der Waals surface area contributed by atoms with E-state index in [4.69, 9.17) is 31.2 Å². The number of carbonyl (C=O) groups is 1. The average Bonchev–Trinajstić information content (AvgIpc) is 3.27. The normalized spacial score (nSPS) is 19.3. The molecule has 0 radical (unpaired) electrons. The maximum atomic E-state index is 12.5. The molecular formula is C19H27N3O5S. The standard InChI is InChI=1S/C19H27N3O5S/c1-24-15-11-13(12-16(25-2)17(15)26-3)20-19(28)22-8-6-21(7-9-22)18(23)14-5-4-10-27-14/h11-12,14H,4-10H2,1-3H3,(H,20,28). The zero-order chi connectivity index (χ0) is 20.1. The van der Waals surface area contributed by atoms with Gasteiger partial charge >= 0.3 is 0 Å². The van der Waals surface area contributed by atoms with Gasteiger partial charge in [-0.15, -0.1) is 0 Å². The molecule has 1 atom stereocenters. The highest BCUT2D eigenvalue weighted by Crippen LogP contribution is 2.40. The number of hydrogen-bond acceptors (Lipinski definition) is 6. The molecule has 0 saturated carbocycles. The van der Waals surface area contributed by atoms with E-state index in [0.29, 0.717) is 55.1 Å². The highest BCUT2D eigenvalue weighted by atomic mass is 32.1. The van der Waals surface area contributed by atoms with E-state index in [-0.39, 0.29) is 12.0 Å². The molecule has 1 N–H and O–H groups in total. The first kappa shape index (κ1) is 20.5. The minimum Gasteiger partial charge on any atom is -0.493 e. The molecule has 0 aromatic heterocycles. The summed E-state index contributed by atoms with van der Waals surface area (Å²) in [6.45, 7) is 3.30. The van der Waals surface area contributed by atoms with Crippen molar-refractivity contribution in [3.8, 4) is 17.2 Å². The Kier molecular flexibility index (Phi) is 6.79. The molecule has 2 heterocycles. The predicted molar refractivity (Wildman–Crippen MR) is 109 cm³/mol. The molecule has 28 heavy (non-hydrogen) atoms. The van der Waals surface area contributed by atoms with Gasteiger partial charge in [-0.3, -0.25) is 4.79 Å². The lowest BCUT2D eigenvalue weighted by Gasteiger charge is -2.37. The Labute approximate surface area is 170 Å². The van der Waals surface area contributed by atoms with Crippen molar-refractivity contribution in [1.82, 2.24) is 9.80 Å². The minimum absolute atomic E-state index is 0.0978. The molecule has 2 aliphatic rings. The predicted octanol–water partition coefficient (Wildman–Crippen LogP) is 1.73. The molecule has 1 aromatic rings. The van der Waals surface area contributed by atoms with E-state index < -0.39 is 0 Å². The van der Waals surface area contributed by atoms with Crippen LogP contribution in [0.2, 0.25) is 0 Å². The Balaban J connectivity index is 1.59. The van der Waals surface area contributed by atoms with Gasteiger partial charge in [-0.1, -0.05) is 0 Å². The van der Waals surface area contributed by atoms with E-state index in [1.807, 2.05) is 17.0 Å². The van der Waals surface area contributed by atoms with Crippen LogP contribution in [0.15, 0.2) is 12.1 Å². The van der Waals surface area contributed by atoms with Crippen molar-refractivity contribution in [2.75, 3.05) is 59.4 Å². The van der Waals surface area contributed by atoms with Gasteiger partial charge in [0.05, 0.1) is 21.3 Å². The molecule has 2 fully saturated rings. The lowest BCUT2D eigenvalue weighted by Crippen LogP contribution is -2.53. The fourth-order valence-corrected chi connectivity index (χ4v) is 3.76. The number of piperazine rings is 1. The zero-order valence-corrected chi connectivity index (χ0v) is 17.3. The van der Waals surface area contributed by atoms with Gasteiger partial charge in [-0.25, -0.2) is 0 Å². The fraction of sp³-hybridized carbons (Fsp3) is 0.579. The van der Waals surface area contributed by atoms with Gasteiger partial charge in [0.25, 0.3) is 5.91 Å². The second-order valence-corrected chi connectivity index (χ2v) is 7.04. The number of anilines is 1. The summed E-state index contributed by atoms with van der Waals surface area (Å²) in [5.41, 5.74) is 0.748. The quantitative estimate of drug-likeness (QED) is 0.738. The van der Waals surface area contributed by atoms with Crippen LogP contribution in [0.4, 0.5) is 5.69 Å². The van der Waals surface area contributed by atoms with E-state index in [1.165, 1.54) is 0 Å². The minimum atomic E-state index is -0.268. The van der Waals surface area contributed by atoms with Gasteiger partial charge in [0.15, 0.2) is 16.6 Å². The van der Waals surface area contributed by atoms with Crippen molar-refractivity contribution < 1.29 is 23.7 Å². The Bertz CT molecular complexity index is 691. The molecule has 9 heteroatoms. The van der Waals surface area contributed by atoms with E-state index in [1.54, 1.807) is 21.3 Å². The summed E-state index contributed by atoms with van der Waals surface area (Å²) in [5.74, 6) is 1.74. The van der Waals surface area contributed by atoms with Gasteiger partial charge in [-0.05, 0) is 25.1 Å². The van der Waals surface area contributed by atoms with Crippen molar-refractivity contribution in [2.24, 2.45) is 0 Å². The van der Waals surface area contributed by atoms with E-state index in [9.17, 15) is 4.79 Å². The van der Waals surface area contributed by atoms with Gasteiger partial charge < -0.3 is 34.1 Å². The molecule has 0 bridgehead atoms. The second-order valence-electron chi connectivity index (χ2n) is 6.66. The summed E-state index contributed by atoms with van der Waals surface area (Å²) in [6, 6.07) is 3.62. The van der Waals surface area contributed by atoms with Crippen molar-refractivity contribution in [1.29, 1.82) is 0 Å². The number of nitrogens with one attached hydrogen (secondary N) is 1. The first-order valence-corrected chi connectivity index (χ1v) is 9.74. The van der Waals surface area contributed by atoms with E-state index >= 15 is 0 Å². The molecule has 0 aliphatic carbocycles. The van der Waals surface area contributed by atoms with Gasteiger partial charge in [0.1, 0.15) is 6.10 Å². The first-order valence-electron chi connectivity index (χ1n) is 9.33. The SMILES string of the molecule is COc1cc(NC(=S)N2CCN(C(=O)C3CCCO3)CC2)cc(OC)c1OC. The number of carbonyl (C=O) groups excluding carboxylic acids is 1. The first-order chi connectivity index (χ1) is 13.6. The highest BCUT2D eigenvalue weighted by molar-refractivity contribution is 7.80. The Morgan fingerprint density at radius 1 is 1.07 bits per heavy atom. The molecule has 1 amide bonds. The molecule has 2 saturated heterocycles. The number of methoxy groups -OCH3 is 3. The van der Waals surface area contributed by atoms with Crippen molar-refractivity contribution in [3.05, 3.63) is 12.1 Å². The number of hydrogen-bond donors (Lipinski definition) is 1. The third-order valence-corrected chi connectivity index (χ3v) is 5.36. The Morgan fingerprint density at radius 2 is 1.68 bits per heavy atom. The third-order valence-electron chi connectivity index (χ3n) is 5.00. The third kappa shape index (κ3) is 4.41. The number of amides is 1. The number of rotatable bonds is 5. The van der Waals surface area contributed by atoms with Crippen LogP contribution in [-0.2, 0) is 9.53 Å². The van der Waals surface area contributed by atoms with Crippen LogP contribution in [0.5, 0.6) is 17.2 Å². The van der Waals surface area contributed by atoms with Crippen LogP contribution < -0.4 is 19.5 Å². The average molecular weight is 410 g/mol. The summed E-state index contributed by atoms with van der Waals surface area (Å²) in [6.07, 6.45) is 1.51. The largest absolute Gasteiger partial charge is 0.493 e. The van der Waals surface area contributed by atoms with Crippen molar-refractivity contribution >= 4 is 28.9 Å². The smallest absolute Gasteiger partial charge is 0.251 e.